The maximum absolute atomic E-state index is 12.9. The first-order valence-corrected chi connectivity index (χ1v) is 11.6. The van der Waals surface area contributed by atoms with Crippen LogP contribution in [0.15, 0.2) is 48.5 Å². The van der Waals surface area contributed by atoms with Crippen molar-refractivity contribution in [1.29, 1.82) is 0 Å². The molecule has 1 fully saturated rings. The minimum Gasteiger partial charge on any atom is -0.497 e. The Morgan fingerprint density at radius 1 is 1.03 bits per heavy atom. The number of piperidine rings is 1. The largest absolute Gasteiger partial charge is 0.497 e. The average molecular weight is 453 g/mol. The molecule has 0 radical (unpaired) electrons. The van der Waals surface area contributed by atoms with Gasteiger partial charge in [-0.3, -0.25) is 4.79 Å². The Hall–Kier alpha value is -3.22. The van der Waals surface area contributed by atoms with Crippen molar-refractivity contribution in [3.63, 3.8) is 0 Å². The predicted octanol–water partition coefficient (Wildman–Crippen LogP) is 3.73. The van der Waals surface area contributed by atoms with Crippen LogP contribution >= 0.6 is 0 Å². The van der Waals surface area contributed by atoms with Crippen LogP contribution in [0, 0.1) is 0 Å². The van der Waals surface area contributed by atoms with Gasteiger partial charge in [0.15, 0.2) is 0 Å². The van der Waals surface area contributed by atoms with Gasteiger partial charge in [0, 0.05) is 36.9 Å². The predicted molar refractivity (Wildman–Crippen MR) is 132 cm³/mol. The topological polar surface area (TPSA) is 82.7 Å². The summed E-state index contributed by atoms with van der Waals surface area (Å²) in [4.78, 5) is 27.3. The van der Waals surface area contributed by atoms with Crippen LogP contribution in [0.1, 0.15) is 49.5 Å². The number of carbonyl (C=O) groups is 2. The number of carbonyl (C=O) groups excluding carboxylic acids is 2. The van der Waals surface area contributed by atoms with Crippen LogP contribution in [0.5, 0.6) is 5.75 Å². The summed E-state index contributed by atoms with van der Waals surface area (Å²) in [5.74, 6) is 0.759. The molecule has 7 nitrogen and oxygen atoms in total. The molecule has 1 heterocycles. The van der Waals surface area contributed by atoms with Crippen molar-refractivity contribution in [3.05, 3.63) is 59.7 Å². The first-order valence-electron chi connectivity index (χ1n) is 11.6. The van der Waals surface area contributed by atoms with Crippen molar-refractivity contribution in [2.75, 3.05) is 31.6 Å². The molecule has 0 unspecified atom stereocenters. The fourth-order valence-corrected chi connectivity index (χ4v) is 3.98. The quantitative estimate of drug-likeness (QED) is 0.598. The molecule has 178 valence electrons. The fourth-order valence-electron chi connectivity index (χ4n) is 3.98. The van der Waals surface area contributed by atoms with Crippen LogP contribution in [-0.4, -0.2) is 50.3 Å². The van der Waals surface area contributed by atoms with Gasteiger partial charge >= 0.3 is 6.03 Å². The number of para-hydroxylation sites is 1. The van der Waals surface area contributed by atoms with Gasteiger partial charge in [-0.1, -0.05) is 24.3 Å². The van der Waals surface area contributed by atoms with Gasteiger partial charge in [0.25, 0.3) is 5.91 Å². The van der Waals surface area contributed by atoms with Gasteiger partial charge < -0.3 is 25.6 Å². The Labute approximate surface area is 196 Å². The Bertz CT molecular complexity index is 929. The van der Waals surface area contributed by atoms with Gasteiger partial charge in [-0.25, -0.2) is 4.79 Å². The molecule has 3 rings (SSSR count). The number of rotatable bonds is 7. The molecule has 0 aromatic heterocycles. The third kappa shape index (κ3) is 7.41. The maximum atomic E-state index is 12.9. The highest BCUT2D eigenvalue weighted by Crippen LogP contribution is 2.24. The number of amides is 3. The van der Waals surface area contributed by atoms with Gasteiger partial charge in [-0.05, 0) is 69.9 Å². The molecule has 0 spiro atoms. The van der Waals surface area contributed by atoms with Gasteiger partial charge in [-0.2, -0.15) is 0 Å². The molecule has 1 aliphatic rings. The summed E-state index contributed by atoms with van der Waals surface area (Å²) in [5.41, 5.74) is 2.51. The number of ether oxygens (including phenoxy) is 1. The van der Waals surface area contributed by atoms with Crippen LogP contribution in [0.2, 0.25) is 0 Å². The molecule has 7 heteroatoms. The molecule has 0 atom stereocenters. The second-order valence-electron chi connectivity index (χ2n) is 9.48. The van der Waals surface area contributed by atoms with E-state index in [2.05, 4.69) is 20.9 Å². The SMILES string of the molecule is COc1ccc(CCNC(=O)c2ccccc2N2CCC(NC(=O)NC(C)(C)C)CC2)cc1. The van der Waals surface area contributed by atoms with E-state index in [9.17, 15) is 9.59 Å². The van der Waals surface area contributed by atoms with Crippen molar-refractivity contribution >= 4 is 17.6 Å². The molecule has 33 heavy (non-hydrogen) atoms. The van der Waals surface area contributed by atoms with Crippen LogP contribution in [-0.2, 0) is 6.42 Å². The van der Waals surface area contributed by atoms with Gasteiger partial charge in [0.2, 0.25) is 0 Å². The number of nitrogens with zero attached hydrogens (tertiary/aromatic N) is 1. The molecule has 1 aliphatic heterocycles. The number of methoxy groups -OCH3 is 1. The fraction of sp³-hybridized carbons (Fsp3) is 0.462. The molecule has 0 bridgehead atoms. The van der Waals surface area contributed by atoms with E-state index in [4.69, 9.17) is 4.74 Å². The Kier molecular flexibility index (Phi) is 8.20. The van der Waals surface area contributed by atoms with Crippen molar-refractivity contribution in [3.8, 4) is 5.75 Å². The maximum Gasteiger partial charge on any atom is 0.315 e. The van der Waals surface area contributed by atoms with Crippen molar-refractivity contribution < 1.29 is 14.3 Å². The Morgan fingerprint density at radius 3 is 2.33 bits per heavy atom. The standard InChI is InChI=1S/C26H36N4O3/c1-26(2,3)29-25(32)28-20-14-17-30(18-15-20)23-8-6-5-7-22(23)24(31)27-16-13-19-9-11-21(33-4)12-10-19/h5-12,20H,13-18H2,1-4H3,(H,27,31)(H2,28,29,32). The van der Waals surface area contributed by atoms with Gasteiger partial charge in [0.05, 0.1) is 12.7 Å². The number of hydrogen-bond donors (Lipinski definition) is 3. The molecule has 1 saturated heterocycles. The van der Waals surface area contributed by atoms with E-state index in [1.807, 2.05) is 69.3 Å². The first kappa shape index (κ1) is 24.4. The lowest BCUT2D eigenvalue weighted by molar-refractivity contribution is 0.0954. The minimum atomic E-state index is -0.259. The van der Waals surface area contributed by atoms with E-state index >= 15 is 0 Å². The highest BCUT2D eigenvalue weighted by Gasteiger charge is 2.24. The summed E-state index contributed by atoms with van der Waals surface area (Å²) < 4.78 is 5.19. The van der Waals surface area contributed by atoms with Crippen molar-refractivity contribution in [1.82, 2.24) is 16.0 Å². The van der Waals surface area contributed by atoms with Crippen LogP contribution in [0.3, 0.4) is 0 Å². The summed E-state index contributed by atoms with van der Waals surface area (Å²) in [6, 6.07) is 15.6. The zero-order valence-electron chi connectivity index (χ0n) is 20.1. The summed E-state index contributed by atoms with van der Waals surface area (Å²) in [6.45, 7) is 8.04. The lowest BCUT2D eigenvalue weighted by atomic mass is 10.0. The summed E-state index contributed by atoms with van der Waals surface area (Å²) in [5, 5.41) is 9.07. The second-order valence-corrected chi connectivity index (χ2v) is 9.48. The molecule has 2 aromatic carbocycles. The van der Waals surface area contributed by atoms with Crippen molar-refractivity contribution in [2.45, 2.75) is 51.6 Å². The highest BCUT2D eigenvalue weighted by atomic mass is 16.5. The number of benzene rings is 2. The van der Waals surface area contributed by atoms with Gasteiger partial charge in [-0.15, -0.1) is 0 Å². The minimum absolute atomic E-state index is 0.0658. The van der Waals surface area contributed by atoms with Crippen molar-refractivity contribution in [2.24, 2.45) is 0 Å². The van der Waals surface area contributed by atoms with E-state index in [0.717, 1.165) is 49.4 Å². The molecule has 0 aliphatic carbocycles. The number of hydrogen-bond acceptors (Lipinski definition) is 4. The second kappa shape index (κ2) is 11.1. The van der Waals surface area contributed by atoms with E-state index in [-0.39, 0.29) is 23.5 Å². The van der Waals surface area contributed by atoms with Gasteiger partial charge in [0.1, 0.15) is 5.75 Å². The Morgan fingerprint density at radius 2 is 1.70 bits per heavy atom. The molecular formula is C26H36N4O3. The van der Waals surface area contributed by atoms with E-state index in [1.54, 1.807) is 7.11 Å². The number of anilines is 1. The van der Waals surface area contributed by atoms with Crippen LogP contribution in [0.4, 0.5) is 10.5 Å². The smallest absolute Gasteiger partial charge is 0.315 e. The van der Waals surface area contributed by atoms with Crippen LogP contribution in [0.25, 0.3) is 0 Å². The Balaban J connectivity index is 1.52. The lowest BCUT2D eigenvalue weighted by Crippen LogP contribution is -2.52. The lowest BCUT2D eigenvalue weighted by Gasteiger charge is -2.35. The highest BCUT2D eigenvalue weighted by molar-refractivity contribution is 5.99. The number of nitrogens with one attached hydrogen (secondary N) is 3. The molecule has 3 amide bonds. The first-order chi connectivity index (χ1) is 15.7. The van der Waals surface area contributed by atoms with Crippen LogP contribution < -0.4 is 25.6 Å². The molecular weight excluding hydrogens is 416 g/mol. The normalized spacial score (nSPS) is 14.5. The zero-order chi connectivity index (χ0) is 23.8. The summed E-state index contributed by atoms with van der Waals surface area (Å²) >= 11 is 0. The third-order valence-corrected chi connectivity index (χ3v) is 5.67. The zero-order valence-corrected chi connectivity index (χ0v) is 20.1. The average Bonchev–Trinajstić information content (AvgIpc) is 2.79. The summed E-state index contributed by atoms with van der Waals surface area (Å²) in [7, 11) is 1.65. The van der Waals surface area contributed by atoms with E-state index in [0.29, 0.717) is 12.1 Å². The monoisotopic (exact) mass is 452 g/mol. The molecule has 3 N–H and O–H groups in total. The third-order valence-electron chi connectivity index (χ3n) is 5.67. The van der Waals surface area contributed by atoms with E-state index in [1.165, 1.54) is 0 Å². The molecule has 0 saturated carbocycles. The molecule has 2 aromatic rings. The van der Waals surface area contributed by atoms with E-state index < -0.39 is 0 Å². The summed E-state index contributed by atoms with van der Waals surface area (Å²) in [6.07, 6.45) is 2.43. The number of urea groups is 1.